The van der Waals surface area contributed by atoms with Crippen LogP contribution in [0.15, 0.2) is 18.3 Å². The summed E-state index contributed by atoms with van der Waals surface area (Å²) in [6, 6.07) is 3.03. The molecule has 0 saturated heterocycles. The van der Waals surface area contributed by atoms with Gasteiger partial charge in [-0.1, -0.05) is 6.07 Å². The molecule has 0 fully saturated rings. The molecule has 0 aliphatic carbocycles. The molecule has 0 bridgehead atoms. The number of hydrogen-bond acceptors (Lipinski definition) is 4. The number of nitrogens with one attached hydrogen (secondary N) is 1. The number of rotatable bonds is 4. The van der Waals surface area contributed by atoms with E-state index in [9.17, 15) is 9.59 Å². The number of carbonyl (C=O) groups excluding carboxylic acids is 1. The van der Waals surface area contributed by atoms with Crippen LogP contribution in [0.5, 0.6) is 0 Å². The Morgan fingerprint density at radius 2 is 2.05 bits per heavy atom. The highest BCUT2D eigenvalue weighted by atomic mass is 16.4. The fourth-order valence-corrected chi connectivity index (χ4v) is 2.03. The van der Waals surface area contributed by atoms with E-state index in [0.29, 0.717) is 11.3 Å². The summed E-state index contributed by atoms with van der Waals surface area (Å²) in [5, 5.41) is 15.7. The zero-order valence-electron chi connectivity index (χ0n) is 12.0. The van der Waals surface area contributed by atoms with Gasteiger partial charge in [-0.15, -0.1) is 0 Å². The molecule has 110 valence electrons. The SMILES string of the molecule is Cc1nn(C)c(C)c1C(=O)NCc1ccc(C(=O)O)nc1. The monoisotopic (exact) mass is 288 g/mol. The summed E-state index contributed by atoms with van der Waals surface area (Å²) in [5.74, 6) is -1.28. The zero-order valence-corrected chi connectivity index (χ0v) is 12.0. The lowest BCUT2D eigenvalue weighted by molar-refractivity contribution is 0.0690. The normalized spacial score (nSPS) is 10.4. The summed E-state index contributed by atoms with van der Waals surface area (Å²) >= 11 is 0. The van der Waals surface area contributed by atoms with E-state index in [1.807, 2.05) is 6.92 Å². The highest BCUT2D eigenvalue weighted by Crippen LogP contribution is 2.11. The number of amides is 1. The summed E-state index contributed by atoms with van der Waals surface area (Å²) in [6.07, 6.45) is 1.44. The second kappa shape index (κ2) is 5.74. The van der Waals surface area contributed by atoms with Gasteiger partial charge in [-0.3, -0.25) is 9.48 Å². The van der Waals surface area contributed by atoms with Crippen molar-refractivity contribution in [3.63, 3.8) is 0 Å². The van der Waals surface area contributed by atoms with Crippen LogP contribution in [0.4, 0.5) is 0 Å². The Hall–Kier alpha value is -2.70. The standard InChI is InChI=1S/C14H16N4O3/c1-8-12(9(2)18(3)17-8)13(19)16-7-10-4-5-11(14(20)21)15-6-10/h4-6H,7H2,1-3H3,(H,16,19)(H,20,21). The number of carboxylic acids is 1. The summed E-state index contributed by atoms with van der Waals surface area (Å²) in [4.78, 5) is 26.7. The van der Waals surface area contributed by atoms with Crippen LogP contribution in [0, 0.1) is 13.8 Å². The fraction of sp³-hybridized carbons (Fsp3) is 0.286. The summed E-state index contributed by atoms with van der Waals surface area (Å²) in [7, 11) is 1.79. The molecule has 2 aromatic rings. The van der Waals surface area contributed by atoms with Gasteiger partial charge in [0.1, 0.15) is 5.69 Å². The predicted molar refractivity (Wildman–Crippen MR) is 75.0 cm³/mol. The number of aromatic carboxylic acids is 1. The molecule has 21 heavy (non-hydrogen) atoms. The smallest absolute Gasteiger partial charge is 0.354 e. The maximum absolute atomic E-state index is 12.2. The fourth-order valence-electron chi connectivity index (χ4n) is 2.03. The van der Waals surface area contributed by atoms with E-state index in [-0.39, 0.29) is 18.1 Å². The van der Waals surface area contributed by atoms with Crippen LogP contribution >= 0.6 is 0 Å². The minimum atomic E-state index is -1.08. The minimum absolute atomic E-state index is 0.0241. The van der Waals surface area contributed by atoms with Crippen LogP contribution < -0.4 is 5.32 Å². The van der Waals surface area contributed by atoms with E-state index in [4.69, 9.17) is 5.11 Å². The first-order valence-corrected chi connectivity index (χ1v) is 6.36. The van der Waals surface area contributed by atoms with E-state index in [0.717, 1.165) is 11.3 Å². The number of hydrogen-bond donors (Lipinski definition) is 2. The number of carbonyl (C=O) groups is 2. The molecule has 2 rings (SSSR count). The molecule has 7 heteroatoms. The zero-order chi connectivity index (χ0) is 15.6. The number of aryl methyl sites for hydroxylation is 2. The van der Waals surface area contributed by atoms with Gasteiger partial charge in [0.05, 0.1) is 11.3 Å². The average Bonchev–Trinajstić information content (AvgIpc) is 2.70. The topological polar surface area (TPSA) is 97.1 Å². The Labute approximate surface area is 121 Å². The Kier molecular flexibility index (Phi) is 4.02. The van der Waals surface area contributed by atoms with Crippen molar-refractivity contribution in [1.82, 2.24) is 20.1 Å². The summed E-state index contributed by atoms with van der Waals surface area (Å²) in [6.45, 7) is 3.89. The molecular formula is C14H16N4O3. The van der Waals surface area contributed by atoms with Gasteiger partial charge in [0.2, 0.25) is 0 Å². The number of nitrogens with zero attached hydrogens (tertiary/aromatic N) is 3. The van der Waals surface area contributed by atoms with Gasteiger partial charge in [0, 0.05) is 25.5 Å². The maximum atomic E-state index is 12.2. The highest BCUT2D eigenvalue weighted by Gasteiger charge is 2.16. The molecule has 0 aliphatic rings. The number of aromatic nitrogens is 3. The number of pyridine rings is 1. The molecule has 0 unspecified atom stereocenters. The predicted octanol–water partition coefficient (Wildman–Crippen LogP) is 1.06. The summed E-state index contributed by atoms with van der Waals surface area (Å²) < 4.78 is 1.66. The van der Waals surface area contributed by atoms with Crippen LogP contribution in [-0.4, -0.2) is 31.7 Å². The van der Waals surface area contributed by atoms with Crippen molar-refractivity contribution in [2.75, 3.05) is 0 Å². The summed E-state index contributed by atoms with van der Waals surface area (Å²) in [5.41, 5.74) is 2.74. The minimum Gasteiger partial charge on any atom is -0.477 e. The van der Waals surface area contributed by atoms with E-state index in [1.165, 1.54) is 12.3 Å². The average molecular weight is 288 g/mol. The third-order valence-electron chi connectivity index (χ3n) is 3.23. The van der Waals surface area contributed by atoms with Crippen molar-refractivity contribution in [1.29, 1.82) is 0 Å². The van der Waals surface area contributed by atoms with Crippen molar-refractivity contribution in [3.8, 4) is 0 Å². The largest absolute Gasteiger partial charge is 0.477 e. The molecule has 0 atom stereocenters. The van der Waals surface area contributed by atoms with Crippen LogP contribution in [0.2, 0.25) is 0 Å². The van der Waals surface area contributed by atoms with Crippen LogP contribution in [0.1, 0.15) is 37.8 Å². The Morgan fingerprint density at radius 1 is 1.33 bits per heavy atom. The van der Waals surface area contributed by atoms with Gasteiger partial charge in [-0.25, -0.2) is 9.78 Å². The molecule has 0 radical (unpaired) electrons. The second-order valence-electron chi connectivity index (χ2n) is 4.71. The van der Waals surface area contributed by atoms with E-state index < -0.39 is 5.97 Å². The van der Waals surface area contributed by atoms with Crippen molar-refractivity contribution < 1.29 is 14.7 Å². The maximum Gasteiger partial charge on any atom is 0.354 e. The molecule has 0 saturated carbocycles. The first-order valence-electron chi connectivity index (χ1n) is 6.36. The van der Waals surface area contributed by atoms with E-state index in [1.54, 1.807) is 24.7 Å². The van der Waals surface area contributed by atoms with Gasteiger partial charge in [-0.05, 0) is 25.5 Å². The van der Waals surface area contributed by atoms with E-state index >= 15 is 0 Å². The second-order valence-corrected chi connectivity index (χ2v) is 4.71. The lowest BCUT2D eigenvalue weighted by Crippen LogP contribution is -2.24. The molecule has 1 amide bonds. The first-order chi connectivity index (χ1) is 9.90. The van der Waals surface area contributed by atoms with Crippen molar-refractivity contribution in [3.05, 3.63) is 46.5 Å². The number of carboxylic acid groups (broad SMARTS) is 1. The lowest BCUT2D eigenvalue weighted by atomic mass is 10.2. The molecule has 0 spiro atoms. The quantitative estimate of drug-likeness (QED) is 0.876. The molecule has 2 heterocycles. The van der Waals surface area contributed by atoms with Crippen LogP contribution in [0.3, 0.4) is 0 Å². The lowest BCUT2D eigenvalue weighted by Gasteiger charge is -2.06. The van der Waals surface area contributed by atoms with Crippen molar-refractivity contribution in [2.24, 2.45) is 7.05 Å². The molecule has 0 aliphatic heterocycles. The van der Waals surface area contributed by atoms with Gasteiger partial charge < -0.3 is 10.4 Å². The molecule has 0 aromatic carbocycles. The third-order valence-corrected chi connectivity index (χ3v) is 3.23. The third kappa shape index (κ3) is 3.07. The van der Waals surface area contributed by atoms with Crippen molar-refractivity contribution in [2.45, 2.75) is 20.4 Å². The Balaban J connectivity index is 2.05. The van der Waals surface area contributed by atoms with Gasteiger partial charge in [0.25, 0.3) is 5.91 Å². The molecule has 7 nitrogen and oxygen atoms in total. The Bertz CT molecular complexity index is 689. The molecule has 2 aromatic heterocycles. The van der Waals surface area contributed by atoms with Gasteiger partial charge in [-0.2, -0.15) is 5.10 Å². The first kappa shape index (κ1) is 14.7. The molecular weight excluding hydrogens is 272 g/mol. The molecule has 2 N–H and O–H groups in total. The van der Waals surface area contributed by atoms with Crippen LogP contribution in [-0.2, 0) is 13.6 Å². The van der Waals surface area contributed by atoms with Crippen LogP contribution in [0.25, 0.3) is 0 Å². The van der Waals surface area contributed by atoms with Crippen molar-refractivity contribution >= 4 is 11.9 Å². The highest BCUT2D eigenvalue weighted by molar-refractivity contribution is 5.96. The van der Waals surface area contributed by atoms with Gasteiger partial charge in [0.15, 0.2) is 0 Å². The van der Waals surface area contributed by atoms with E-state index in [2.05, 4.69) is 15.4 Å². The van der Waals surface area contributed by atoms with Gasteiger partial charge >= 0.3 is 5.97 Å². The Morgan fingerprint density at radius 3 is 2.52 bits per heavy atom.